The minimum Gasteiger partial charge on any atom is -0.141 e. The van der Waals surface area contributed by atoms with Crippen LogP contribution in [0, 0.1) is 13.8 Å². The van der Waals surface area contributed by atoms with Crippen molar-refractivity contribution in [2.75, 3.05) is 0 Å². The van der Waals surface area contributed by atoms with Crippen LogP contribution in [0.15, 0.2) is 48.5 Å². The molecule has 4 aromatic rings. The number of thiophene rings is 4. The van der Waals surface area contributed by atoms with Crippen LogP contribution in [0.2, 0.25) is 0 Å². The molecule has 0 aromatic carbocycles. The molecule has 4 aromatic heterocycles. The molecule has 0 radical (unpaired) electrons. The molecule has 4 rings (SSSR count). The lowest BCUT2D eigenvalue weighted by Gasteiger charge is -1.90. The smallest absolute Gasteiger partial charge is 0.0449 e. The maximum Gasteiger partial charge on any atom is 0.0449 e. The topological polar surface area (TPSA) is 0 Å². The Hall–Kier alpha value is -1.46. The lowest BCUT2D eigenvalue weighted by Crippen LogP contribution is -1.58. The molecule has 0 atom stereocenters. The average Bonchev–Trinajstić information content (AvgIpc) is 3.32. The Morgan fingerprint density at radius 1 is 0.500 bits per heavy atom. The number of rotatable bonds is 4. The van der Waals surface area contributed by atoms with Gasteiger partial charge in [0.15, 0.2) is 0 Å². The molecule has 120 valence electrons. The van der Waals surface area contributed by atoms with Crippen LogP contribution >= 0.6 is 45.3 Å². The summed E-state index contributed by atoms with van der Waals surface area (Å²) in [5.74, 6) is 0. The third-order valence-electron chi connectivity index (χ3n) is 3.63. The maximum absolute atomic E-state index is 2.25. The Kier molecular flexibility index (Phi) is 4.55. The van der Waals surface area contributed by atoms with E-state index in [-0.39, 0.29) is 0 Å². The van der Waals surface area contributed by atoms with Gasteiger partial charge < -0.3 is 0 Å². The SMILES string of the molecule is Cc1ccc(/C=C/c2ccc(-c3ccc(-c4ccc(C)s4)s3)s2)s1. The molecular weight excluding hydrogens is 368 g/mol. The van der Waals surface area contributed by atoms with Crippen LogP contribution in [0.5, 0.6) is 0 Å². The van der Waals surface area contributed by atoms with Crippen LogP contribution in [-0.2, 0) is 0 Å². The van der Waals surface area contributed by atoms with Gasteiger partial charge in [-0.1, -0.05) is 0 Å². The molecule has 0 fully saturated rings. The van der Waals surface area contributed by atoms with E-state index in [0.29, 0.717) is 0 Å². The second-order valence-corrected chi connectivity index (χ2v) is 10.4. The van der Waals surface area contributed by atoms with E-state index < -0.39 is 0 Å². The van der Waals surface area contributed by atoms with Crippen LogP contribution < -0.4 is 0 Å². The first-order chi connectivity index (χ1) is 11.7. The Labute approximate surface area is 158 Å². The molecule has 0 aliphatic heterocycles. The second kappa shape index (κ2) is 6.81. The van der Waals surface area contributed by atoms with Crippen molar-refractivity contribution in [2.45, 2.75) is 13.8 Å². The molecule has 0 nitrogen and oxygen atoms in total. The molecule has 0 N–H and O–H groups in total. The summed E-state index contributed by atoms with van der Waals surface area (Å²) in [5.41, 5.74) is 0. The van der Waals surface area contributed by atoms with Gasteiger partial charge in [-0.2, -0.15) is 0 Å². The predicted octanol–water partition coefficient (Wildman–Crippen LogP) is 8.05. The highest BCUT2D eigenvalue weighted by Gasteiger charge is 2.08. The van der Waals surface area contributed by atoms with Gasteiger partial charge in [0.2, 0.25) is 0 Å². The van der Waals surface area contributed by atoms with E-state index in [4.69, 9.17) is 0 Å². The molecule has 0 amide bonds. The minimum atomic E-state index is 1.30. The van der Waals surface area contributed by atoms with Crippen molar-refractivity contribution in [3.63, 3.8) is 0 Å². The van der Waals surface area contributed by atoms with Gasteiger partial charge in [-0.15, -0.1) is 45.3 Å². The van der Waals surface area contributed by atoms with Gasteiger partial charge in [0.25, 0.3) is 0 Å². The van der Waals surface area contributed by atoms with E-state index in [2.05, 4.69) is 74.5 Å². The molecule has 24 heavy (non-hydrogen) atoms. The zero-order valence-corrected chi connectivity index (χ0v) is 16.7. The summed E-state index contributed by atoms with van der Waals surface area (Å²) in [4.78, 5) is 10.8. The molecule has 0 bridgehead atoms. The highest BCUT2D eigenvalue weighted by molar-refractivity contribution is 7.26. The van der Waals surface area contributed by atoms with Crippen LogP contribution in [0.25, 0.3) is 31.7 Å². The highest BCUT2D eigenvalue weighted by Crippen LogP contribution is 2.40. The summed E-state index contributed by atoms with van der Waals surface area (Å²) in [5, 5.41) is 0. The van der Waals surface area contributed by atoms with Crippen molar-refractivity contribution in [3.8, 4) is 19.5 Å². The minimum absolute atomic E-state index is 1.30. The fourth-order valence-corrected chi connectivity index (χ4v) is 6.20. The zero-order valence-electron chi connectivity index (χ0n) is 13.4. The first-order valence-electron chi connectivity index (χ1n) is 7.69. The van der Waals surface area contributed by atoms with Crippen molar-refractivity contribution in [3.05, 3.63) is 68.0 Å². The summed E-state index contributed by atoms with van der Waals surface area (Å²) in [6.07, 6.45) is 4.43. The van der Waals surface area contributed by atoms with E-state index >= 15 is 0 Å². The summed E-state index contributed by atoms with van der Waals surface area (Å²) in [6.45, 7) is 4.31. The van der Waals surface area contributed by atoms with Crippen LogP contribution in [-0.4, -0.2) is 0 Å². The van der Waals surface area contributed by atoms with Crippen molar-refractivity contribution >= 4 is 57.5 Å². The molecule has 4 heteroatoms. The Bertz CT molecular complexity index is 990. The first-order valence-corrected chi connectivity index (χ1v) is 11.0. The van der Waals surface area contributed by atoms with Crippen molar-refractivity contribution in [1.29, 1.82) is 0 Å². The third kappa shape index (κ3) is 3.47. The average molecular weight is 385 g/mol. The van der Waals surface area contributed by atoms with E-state index in [1.54, 1.807) is 0 Å². The molecule has 0 saturated heterocycles. The van der Waals surface area contributed by atoms with E-state index in [0.717, 1.165) is 0 Å². The molecule has 4 heterocycles. The number of hydrogen-bond acceptors (Lipinski definition) is 4. The first kappa shape index (κ1) is 16.0. The lowest BCUT2D eigenvalue weighted by atomic mass is 10.3. The fourth-order valence-electron chi connectivity index (χ4n) is 2.45. The van der Waals surface area contributed by atoms with E-state index in [1.807, 2.05) is 45.3 Å². The monoisotopic (exact) mass is 384 g/mol. The third-order valence-corrected chi connectivity index (χ3v) is 8.13. The van der Waals surface area contributed by atoms with Crippen LogP contribution in [0.3, 0.4) is 0 Å². The lowest BCUT2D eigenvalue weighted by molar-refractivity contribution is 1.64. The fraction of sp³-hybridized carbons (Fsp3) is 0.100. The number of aryl methyl sites for hydroxylation is 2. The van der Waals surface area contributed by atoms with E-state index in [1.165, 1.54) is 39.0 Å². The van der Waals surface area contributed by atoms with Gasteiger partial charge >= 0.3 is 0 Å². The maximum atomic E-state index is 2.25. The zero-order chi connectivity index (χ0) is 16.5. The van der Waals surface area contributed by atoms with Gasteiger partial charge in [-0.3, -0.25) is 0 Å². The summed E-state index contributed by atoms with van der Waals surface area (Å²) in [7, 11) is 0. The van der Waals surface area contributed by atoms with Crippen LogP contribution in [0.1, 0.15) is 19.5 Å². The number of hydrogen-bond donors (Lipinski definition) is 0. The normalized spacial score (nSPS) is 11.6. The van der Waals surface area contributed by atoms with Gasteiger partial charge in [0.1, 0.15) is 0 Å². The Morgan fingerprint density at radius 3 is 1.58 bits per heavy atom. The van der Waals surface area contributed by atoms with Gasteiger partial charge in [-0.25, -0.2) is 0 Å². The van der Waals surface area contributed by atoms with E-state index in [9.17, 15) is 0 Å². The van der Waals surface area contributed by atoms with Gasteiger partial charge in [0, 0.05) is 39.0 Å². The summed E-state index contributed by atoms with van der Waals surface area (Å²) in [6, 6.07) is 17.7. The van der Waals surface area contributed by atoms with Gasteiger partial charge in [0.05, 0.1) is 0 Å². The Morgan fingerprint density at radius 2 is 0.958 bits per heavy atom. The molecule has 0 spiro atoms. The molecule has 0 saturated carbocycles. The standard InChI is InChI=1S/C20H16S4/c1-13-3-5-15(21-13)6-7-16-8-10-18(23-16)20-12-11-19(24-20)17-9-4-14(2)22-17/h3-12H,1-2H3/b7-6+. The molecule has 0 aliphatic carbocycles. The quantitative estimate of drug-likeness (QED) is 0.334. The Balaban J connectivity index is 1.54. The summed E-state index contributed by atoms with van der Waals surface area (Å²) < 4.78 is 0. The van der Waals surface area contributed by atoms with Crippen molar-refractivity contribution in [2.24, 2.45) is 0 Å². The van der Waals surface area contributed by atoms with Gasteiger partial charge in [-0.05, 0) is 74.5 Å². The van der Waals surface area contributed by atoms with Crippen molar-refractivity contribution in [1.82, 2.24) is 0 Å². The second-order valence-electron chi connectivity index (χ2n) is 5.56. The summed E-state index contributed by atoms with van der Waals surface area (Å²) >= 11 is 7.44. The van der Waals surface area contributed by atoms with Crippen LogP contribution in [0.4, 0.5) is 0 Å². The largest absolute Gasteiger partial charge is 0.141 e. The predicted molar refractivity (Wildman–Crippen MR) is 114 cm³/mol. The molecule has 0 aliphatic rings. The van der Waals surface area contributed by atoms with Crippen molar-refractivity contribution < 1.29 is 0 Å². The highest BCUT2D eigenvalue weighted by atomic mass is 32.1. The molecular formula is C20H16S4. The molecule has 0 unspecified atom stereocenters.